The summed E-state index contributed by atoms with van der Waals surface area (Å²) >= 11 is 0. The van der Waals surface area contributed by atoms with Gasteiger partial charge in [0.05, 0.1) is 63.6 Å². The van der Waals surface area contributed by atoms with E-state index >= 15 is 0 Å². The lowest BCUT2D eigenvalue weighted by molar-refractivity contribution is -0.571. The molecule has 0 amide bonds. The van der Waals surface area contributed by atoms with Gasteiger partial charge in [0, 0.05) is 49.1 Å². The molecule has 0 unspecified atom stereocenters. The van der Waals surface area contributed by atoms with Crippen LogP contribution in [0.2, 0.25) is 0 Å². The Balaban J connectivity index is 1.17. The van der Waals surface area contributed by atoms with Crippen LogP contribution in [0.15, 0.2) is 260 Å². The zero-order valence-electron chi connectivity index (χ0n) is 82.8. The van der Waals surface area contributed by atoms with Crippen LogP contribution in [0, 0.1) is 13.2 Å². The number of imidazole rings is 1. The molecule has 1 aliphatic carbocycles. The summed E-state index contributed by atoms with van der Waals surface area (Å²) in [5.74, 6) is 0.516. The average Bonchev–Trinajstić information content (AvgIpc) is 0.746. The third-order valence-electron chi connectivity index (χ3n) is 13.9. The number of aryl methyl sites for hydroxylation is 1. The van der Waals surface area contributed by atoms with E-state index in [4.69, 9.17) is 29.4 Å². The van der Waals surface area contributed by atoms with Crippen molar-refractivity contribution < 1.29 is 65.5 Å². The second-order valence-corrected chi connectivity index (χ2v) is 22.2. The van der Waals surface area contributed by atoms with E-state index in [0.717, 1.165) is 28.2 Å². The van der Waals surface area contributed by atoms with Crippen LogP contribution in [0.5, 0.6) is 11.5 Å². The van der Waals surface area contributed by atoms with Gasteiger partial charge in [-0.3, -0.25) is 13.7 Å². The van der Waals surface area contributed by atoms with Crippen molar-refractivity contribution >= 4 is 61.7 Å². The first-order valence-corrected chi connectivity index (χ1v) is 26.8. The predicted molar refractivity (Wildman–Crippen MR) is 337 cm³/mol. The summed E-state index contributed by atoms with van der Waals surface area (Å²) in [6, 6.07) is -0.307. The molecule has 10 aromatic carbocycles. The highest BCUT2D eigenvalue weighted by atomic mass is 28.3. The van der Waals surface area contributed by atoms with E-state index < -0.39 is 259 Å². The van der Waals surface area contributed by atoms with Crippen molar-refractivity contribution in [1.29, 1.82) is 0 Å². The molecule has 3 heterocycles. The number of hydrogen-bond donors (Lipinski definition) is 0. The molecule has 6 heteroatoms. The average molecular weight is 1100 g/mol. The Hall–Kier alpha value is -9.36. The summed E-state index contributed by atoms with van der Waals surface area (Å²) in [6.45, 7) is -20.7. The molecule has 0 atom stereocenters. The number of ether oxygens (including phenoxy) is 1. The molecule has 0 aliphatic heterocycles. The largest absolute Gasteiger partial charge is 0.458 e. The molecule has 392 valence electrons. The summed E-state index contributed by atoms with van der Waals surface area (Å²) in [7, 11) is -6.71. The van der Waals surface area contributed by atoms with Gasteiger partial charge in [-0.05, 0) is 139 Å². The molecule has 0 saturated carbocycles. The highest BCUT2D eigenvalue weighted by Gasteiger charge is 2.42. The van der Waals surface area contributed by atoms with Gasteiger partial charge in [-0.25, -0.2) is 4.98 Å². The Labute approximate surface area is 533 Å². The third-order valence-corrected chi connectivity index (χ3v) is 17.9. The Kier molecular flexibility index (Phi) is 5.53. The first-order valence-electron chi connectivity index (χ1n) is 45.3. The molecule has 0 bridgehead atoms. The van der Waals surface area contributed by atoms with Crippen molar-refractivity contribution in [3.05, 3.63) is 283 Å². The van der Waals surface area contributed by atoms with Crippen LogP contribution < -0.4 is 30.1 Å². The second kappa shape index (κ2) is 19.8. The van der Waals surface area contributed by atoms with E-state index in [0.29, 0.717) is 16.4 Å². The minimum Gasteiger partial charge on any atom is -0.458 e. The van der Waals surface area contributed by atoms with Crippen LogP contribution in [0.4, 0.5) is 0 Å². The third kappa shape index (κ3) is 8.52. The van der Waals surface area contributed by atoms with Gasteiger partial charge in [0.25, 0.3) is 6.33 Å². The number of hydrogen-bond acceptors (Lipinski definition) is 2. The van der Waals surface area contributed by atoms with E-state index in [1.807, 2.05) is 18.2 Å². The summed E-state index contributed by atoms with van der Waals surface area (Å²) in [6.07, 6.45) is -5.14. The summed E-state index contributed by atoms with van der Waals surface area (Å²) in [5, 5.41) is -3.63. The normalized spacial score (nSPS) is 23.1. The number of aromatic nitrogens is 4. The number of pyridine rings is 1. The van der Waals surface area contributed by atoms with Crippen LogP contribution >= 0.6 is 0 Å². The van der Waals surface area contributed by atoms with Crippen LogP contribution in [0.3, 0.4) is 0 Å². The zero-order valence-corrected chi connectivity index (χ0v) is 42.8. The molecule has 13 aromatic rings. The minimum absolute atomic E-state index is 0.00148. The van der Waals surface area contributed by atoms with Gasteiger partial charge < -0.3 is 4.74 Å². The van der Waals surface area contributed by atoms with Gasteiger partial charge in [0.15, 0.2) is 8.07 Å². The lowest BCUT2D eigenvalue weighted by Crippen LogP contribution is -2.74. The molecule has 3 aromatic heterocycles. The van der Waals surface area contributed by atoms with Crippen molar-refractivity contribution in [1.82, 2.24) is 14.1 Å². The highest BCUT2D eigenvalue weighted by molar-refractivity contribution is 7.19. The molecule has 1 aliphatic rings. The predicted octanol–water partition coefficient (Wildman–Crippen LogP) is 15.4. The molecule has 81 heavy (non-hydrogen) atoms. The summed E-state index contributed by atoms with van der Waals surface area (Å²) < 4.78 is 395. The number of benzene rings is 10. The fraction of sp³-hybridized carbons (Fsp3) is 0.120. The van der Waals surface area contributed by atoms with Crippen LogP contribution in [-0.2, 0) is 10.8 Å². The van der Waals surface area contributed by atoms with Crippen molar-refractivity contribution in [2.45, 2.75) is 57.8 Å². The van der Waals surface area contributed by atoms with Gasteiger partial charge >= 0.3 is 0 Å². The molecular formula is C75H62N4OSi. The Morgan fingerprint density at radius 3 is 1.90 bits per heavy atom. The second-order valence-electron chi connectivity index (χ2n) is 18.7. The van der Waals surface area contributed by atoms with Crippen molar-refractivity contribution in [2.75, 3.05) is 0 Å². The standard InChI is InChI=1S/C75H62N4OSi/c1-52-42-45-76-72(46-52)79-68-35-16-15-32-64(68)65-40-39-57(50-71(65)79)80-56-24-20-23-55(49-56)77-51-78(70-37-18-17-36-69(70)77)73-62(33-21-34-63(73)54-38-41-66-67(48-54)75(4,5)44-43-74(66,2)3)53-22-19-31-61(47-53)81(58-25-9-6-10-26-58,59-27-11-7-12-28-59)60-29-13-8-14-30-60/h6-42,45-50H,43-44H2,1-5H3/i1D3,2D3,3D3,4D3,5D3,6D,7D,8D,9D,10D,11D,12D,13D,14D,19D,22D,25D,26D,27D,28D,29D,30D,31D,38D,41D,43D2,44D2,47D,48D. The topological polar surface area (TPSA) is 35.9 Å². The number of para-hydroxylation sites is 4. The monoisotopic (exact) mass is 1100 g/mol. The van der Waals surface area contributed by atoms with E-state index in [1.165, 1.54) is 71.4 Å². The maximum absolute atomic E-state index is 11.0. The van der Waals surface area contributed by atoms with Gasteiger partial charge in [-0.1, -0.05) is 227 Å². The molecular weight excluding hydrogens is 1000 g/mol. The fourth-order valence-electron chi connectivity index (χ4n) is 10.4. The summed E-state index contributed by atoms with van der Waals surface area (Å²) in [5.41, 5.74) is -16.7. The molecule has 0 N–H and O–H groups in total. The van der Waals surface area contributed by atoms with Gasteiger partial charge in [0.1, 0.15) is 17.3 Å². The fourth-order valence-corrected chi connectivity index (χ4v) is 13.9. The Morgan fingerprint density at radius 1 is 0.556 bits per heavy atom. The van der Waals surface area contributed by atoms with Gasteiger partial charge in [-0.2, -0.15) is 0 Å². The SMILES string of the molecule is [2H]c1c([2H])c([2H])c([Si](c2c([2H])c([2H])c([2H])c([2H])c2[2H])(c2c([2H])c([2H])c([2H])c([2H])c2[2H])c2c([2H])c([2H])c([2H])c(-c3cccc(-c4c([2H])c([2H])c5c(c4[2H])C(C([2H])([2H])[2H])(C([2H])([2H])[2H])C([2H])([2H])C([2H])([2H])C5(C([2H])([2H])[2H])C([2H])([2H])[2H])c3-[n+]3[c-]n(-c4cccc(Oc5ccc6c7ccccc7n(-c7cc(C([2H])([2H])[2H])ccn7)c6c5)c4)c4ccccc43)c2[2H])c([2H])c1[2H]. The molecule has 0 spiro atoms. The summed E-state index contributed by atoms with van der Waals surface area (Å²) in [4.78, 5) is 4.55. The molecule has 0 fully saturated rings. The number of rotatable bonds is 11. The van der Waals surface area contributed by atoms with Crippen LogP contribution in [-0.4, -0.2) is 22.2 Å². The number of nitrogens with zero attached hydrogens (tertiary/aromatic N) is 4. The Bertz CT molecular complexity index is 6390. The molecule has 14 rings (SSSR count). The molecule has 0 saturated heterocycles. The van der Waals surface area contributed by atoms with Gasteiger partial charge in [-0.15, -0.1) is 0 Å². The Morgan fingerprint density at radius 2 is 1.19 bits per heavy atom. The maximum atomic E-state index is 11.0. The van der Waals surface area contributed by atoms with E-state index in [9.17, 15) is 31.5 Å². The highest BCUT2D eigenvalue weighted by Crippen LogP contribution is 2.48. The lowest BCUT2D eigenvalue weighted by atomic mass is 9.63. The smallest absolute Gasteiger partial charge is 0.269 e. The van der Waals surface area contributed by atoms with E-state index in [2.05, 4.69) is 11.3 Å². The zero-order chi connectivity index (χ0) is 90.1. The van der Waals surface area contributed by atoms with Crippen molar-refractivity contribution in [3.8, 4) is 50.9 Å². The lowest BCUT2D eigenvalue weighted by Gasteiger charge is -2.42. The number of fused-ring (bicyclic) bond motifs is 5. The van der Waals surface area contributed by atoms with Gasteiger partial charge in [0.2, 0.25) is 0 Å². The van der Waals surface area contributed by atoms with Crippen LogP contribution in [0.25, 0.3) is 72.3 Å². The van der Waals surface area contributed by atoms with Crippen LogP contribution in [0.1, 0.15) is 113 Å². The molecule has 0 radical (unpaired) electrons. The first-order chi connectivity index (χ1) is 56.5. The quantitative estimate of drug-likeness (QED) is 0.0560. The first kappa shape index (κ1) is 22.6. The van der Waals surface area contributed by atoms with E-state index in [-0.39, 0.29) is 39.6 Å². The molecule has 5 nitrogen and oxygen atoms in total. The van der Waals surface area contributed by atoms with E-state index in [1.54, 1.807) is 28.8 Å². The van der Waals surface area contributed by atoms with Crippen molar-refractivity contribution in [3.63, 3.8) is 0 Å². The minimum atomic E-state index is -6.71. The maximum Gasteiger partial charge on any atom is 0.269 e. The van der Waals surface area contributed by atoms with Crippen molar-refractivity contribution in [2.24, 2.45) is 0 Å².